The molecular formula is C15H23N3O. The zero-order valence-corrected chi connectivity index (χ0v) is 11.8. The van der Waals surface area contributed by atoms with Crippen LogP contribution in [-0.2, 0) is 17.7 Å². The Kier molecular flexibility index (Phi) is 4.11. The lowest BCUT2D eigenvalue weighted by Crippen LogP contribution is -2.42. The Bertz CT molecular complexity index is 429. The highest BCUT2D eigenvalue weighted by Crippen LogP contribution is 2.17. The highest BCUT2D eigenvalue weighted by Gasteiger charge is 2.18. The van der Waals surface area contributed by atoms with Gasteiger partial charge in [-0.3, -0.25) is 14.8 Å². The maximum atomic E-state index is 5.39. The molecule has 2 aliphatic heterocycles. The van der Waals surface area contributed by atoms with E-state index >= 15 is 0 Å². The number of rotatable bonds is 3. The first-order valence-electron chi connectivity index (χ1n) is 7.29. The van der Waals surface area contributed by atoms with Crippen LogP contribution in [0.15, 0.2) is 12.1 Å². The van der Waals surface area contributed by atoms with Crippen LogP contribution in [-0.4, -0.2) is 60.7 Å². The molecule has 19 heavy (non-hydrogen) atoms. The van der Waals surface area contributed by atoms with Gasteiger partial charge in [-0.1, -0.05) is 6.07 Å². The molecule has 0 unspecified atom stereocenters. The van der Waals surface area contributed by atoms with Crippen molar-refractivity contribution in [3.05, 3.63) is 29.1 Å². The molecule has 0 N–H and O–H groups in total. The van der Waals surface area contributed by atoms with E-state index in [1.807, 2.05) is 0 Å². The highest BCUT2D eigenvalue weighted by atomic mass is 16.5. The minimum atomic E-state index is 0.895. The zero-order valence-electron chi connectivity index (χ0n) is 11.8. The molecule has 0 aliphatic carbocycles. The van der Waals surface area contributed by atoms with E-state index < -0.39 is 0 Å². The molecule has 4 nitrogen and oxygen atoms in total. The third-order valence-electron chi connectivity index (χ3n) is 4.10. The van der Waals surface area contributed by atoms with Crippen molar-refractivity contribution in [2.75, 3.05) is 45.9 Å². The fourth-order valence-corrected chi connectivity index (χ4v) is 2.88. The summed E-state index contributed by atoms with van der Waals surface area (Å²) in [6, 6.07) is 4.38. The topological polar surface area (TPSA) is 28.6 Å². The van der Waals surface area contributed by atoms with Gasteiger partial charge in [-0.05, 0) is 18.6 Å². The normalized spacial score (nSPS) is 21.3. The van der Waals surface area contributed by atoms with Gasteiger partial charge in [-0.25, -0.2) is 0 Å². The molecule has 0 atom stereocenters. The number of nitrogens with zero attached hydrogens (tertiary/aromatic N) is 3. The van der Waals surface area contributed by atoms with Gasteiger partial charge in [0.05, 0.1) is 13.2 Å². The number of hydrogen-bond acceptors (Lipinski definition) is 4. The van der Waals surface area contributed by atoms with Crippen LogP contribution < -0.4 is 0 Å². The van der Waals surface area contributed by atoms with Crippen LogP contribution in [0.1, 0.15) is 17.0 Å². The molecule has 104 valence electrons. The van der Waals surface area contributed by atoms with Crippen molar-refractivity contribution in [1.82, 2.24) is 14.8 Å². The maximum absolute atomic E-state index is 5.39. The monoisotopic (exact) mass is 261 g/mol. The summed E-state index contributed by atoms with van der Waals surface area (Å²) in [4.78, 5) is 9.70. The molecular weight excluding hydrogens is 238 g/mol. The summed E-state index contributed by atoms with van der Waals surface area (Å²) in [6.07, 6.45) is 1.10. The van der Waals surface area contributed by atoms with Crippen molar-refractivity contribution in [2.24, 2.45) is 0 Å². The summed E-state index contributed by atoms with van der Waals surface area (Å²) in [7, 11) is 0. The first-order valence-corrected chi connectivity index (χ1v) is 7.29. The smallest absolute Gasteiger partial charge is 0.0594 e. The predicted octanol–water partition coefficient (Wildman–Crippen LogP) is 1.08. The first-order chi connectivity index (χ1) is 9.31. The van der Waals surface area contributed by atoms with Crippen LogP contribution in [0, 0.1) is 6.92 Å². The Hall–Kier alpha value is -0.970. The van der Waals surface area contributed by atoms with Crippen LogP contribution in [0.2, 0.25) is 0 Å². The van der Waals surface area contributed by atoms with Crippen molar-refractivity contribution in [3.63, 3.8) is 0 Å². The van der Waals surface area contributed by atoms with Gasteiger partial charge in [-0.15, -0.1) is 0 Å². The average molecular weight is 261 g/mol. The Morgan fingerprint density at radius 1 is 1.11 bits per heavy atom. The lowest BCUT2D eigenvalue weighted by Gasteiger charge is -2.32. The fraction of sp³-hybridized carbons (Fsp3) is 0.667. The largest absolute Gasteiger partial charge is 0.379 e. The van der Waals surface area contributed by atoms with Crippen LogP contribution in [0.4, 0.5) is 0 Å². The van der Waals surface area contributed by atoms with Gasteiger partial charge < -0.3 is 4.74 Å². The number of aromatic nitrogens is 1. The van der Waals surface area contributed by atoms with Crippen molar-refractivity contribution in [1.29, 1.82) is 0 Å². The summed E-state index contributed by atoms with van der Waals surface area (Å²) >= 11 is 0. The molecule has 0 spiro atoms. The van der Waals surface area contributed by atoms with Crippen molar-refractivity contribution in [3.8, 4) is 0 Å². The zero-order chi connectivity index (χ0) is 13.1. The third kappa shape index (κ3) is 3.32. The van der Waals surface area contributed by atoms with E-state index in [-0.39, 0.29) is 0 Å². The second kappa shape index (κ2) is 5.99. The van der Waals surface area contributed by atoms with E-state index in [4.69, 9.17) is 4.74 Å². The standard InChI is InChI=1S/C15H23N3O/c1-13-2-3-14-12-18(5-4-15(14)16-13)7-6-17-8-10-19-11-9-17/h2-3H,4-12H2,1H3. The van der Waals surface area contributed by atoms with E-state index in [1.165, 1.54) is 11.3 Å². The van der Waals surface area contributed by atoms with E-state index in [1.54, 1.807) is 0 Å². The Morgan fingerprint density at radius 2 is 1.89 bits per heavy atom. The van der Waals surface area contributed by atoms with Crippen LogP contribution in [0.5, 0.6) is 0 Å². The quantitative estimate of drug-likeness (QED) is 0.814. The van der Waals surface area contributed by atoms with Crippen LogP contribution in [0.3, 0.4) is 0 Å². The summed E-state index contributed by atoms with van der Waals surface area (Å²) in [5, 5.41) is 0. The fourth-order valence-electron chi connectivity index (χ4n) is 2.88. The average Bonchev–Trinajstić information content (AvgIpc) is 2.46. The number of hydrogen-bond donors (Lipinski definition) is 0. The SMILES string of the molecule is Cc1ccc2c(n1)CCN(CCN1CCOCC1)C2. The molecule has 0 amide bonds. The second-order valence-corrected chi connectivity index (χ2v) is 5.54. The second-order valence-electron chi connectivity index (χ2n) is 5.54. The summed E-state index contributed by atoms with van der Waals surface area (Å²) < 4.78 is 5.39. The van der Waals surface area contributed by atoms with Crippen molar-refractivity contribution in [2.45, 2.75) is 19.9 Å². The molecule has 2 aliphatic rings. The number of ether oxygens (including phenoxy) is 1. The molecule has 1 fully saturated rings. The molecule has 4 heteroatoms. The van der Waals surface area contributed by atoms with E-state index in [2.05, 4.69) is 33.8 Å². The number of morpholine rings is 1. The van der Waals surface area contributed by atoms with E-state index in [0.717, 1.165) is 64.6 Å². The summed E-state index contributed by atoms with van der Waals surface area (Å²) in [6.45, 7) is 10.6. The number of pyridine rings is 1. The van der Waals surface area contributed by atoms with Gasteiger partial charge in [0.15, 0.2) is 0 Å². The number of aryl methyl sites for hydroxylation is 1. The molecule has 1 aromatic heterocycles. The molecule has 0 radical (unpaired) electrons. The molecule has 1 saturated heterocycles. The first kappa shape index (κ1) is 13.0. The van der Waals surface area contributed by atoms with Crippen LogP contribution in [0.25, 0.3) is 0 Å². The van der Waals surface area contributed by atoms with Crippen LogP contribution >= 0.6 is 0 Å². The molecule has 3 heterocycles. The van der Waals surface area contributed by atoms with Crippen molar-refractivity contribution >= 4 is 0 Å². The lowest BCUT2D eigenvalue weighted by molar-refractivity contribution is 0.0326. The highest BCUT2D eigenvalue weighted by molar-refractivity contribution is 5.24. The Balaban J connectivity index is 1.52. The van der Waals surface area contributed by atoms with Gasteiger partial charge in [-0.2, -0.15) is 0 Å². The molecule has 0 aromatic carbocycles. The van der Waals surface area contributed by atoms with Gasteiger partial charge in [0, 0.05) is 57.1 Å². The third-order valence-corrected chi connectivity index (χ3v) is 4.10. The van der Waals surface area contributed by atoms with Gasteiger partial charge in [0.25, 0.3) is 0 Å². The predicted molar refractivity (Wildman–Crippen MR) is 75.2 cm³/mol. The van der Waals surface area contributed by atoms with E-state index in [9.17, 15) is 0 Å². The summed E-state index contributed by atoms with van der Waals surface area (Å²) in [5.74, 6) is 0. The Morgan fingerprint density at radius 3 is 2.74 bits per heavy atom. The van der Waals surface area contributed by atoms with Gasteiger partial charge in [0.1, 0.15) is 0 Å². The van der Waals surface area contributed by atoms with Gasteiger partial charge >= 0.3 is 0 Å². The lowest BCUT2D eigenvalue weighted by atomic mass is 10.1. The molecule has 3 rings (SSSR count). The number of fused-ring (bicyclic) bond motifs is 1. The maximum Gasteiger partial charge on any atom is 0.0594 e. The minimum absolute atomic E-state index is 0.895. The van der Waals surface area contributed by atoms with E-state index in [0.29, 0.717) is 0 Å². The molecule has 0 bridgehead atoms. The molecule has 1 aromatic rings. The van der Waals surface area contributed by atoms with Crippen molar-refractivity contribution < 1.29 is 4.74 Å². The summed E-state index contributed by atoms with van der Waals surface area (Å²) in [5.41, 5.74) is 3.86. The minimum Gasteiger partial charge on any atom is -0.379 e. The Labute approximate surface area is 115 Å². The molecule has 0 saturated carbocycles. The van der Waals surface area contributed by atoms with Gasteiger partial charge in [0.2, 0.25) is 0 Å².